The summed E-state index contributed by atoms with van der Waals surface area (Å²) in [5, 5.41) is 39.0. The number of carbonyl (C=O) groups is 1. The molecule has 25 heavy (non-hydrogen) atoms. The molecule has 1 saturated carbocycles. The third kappa shape index (κ3) is 8.66. The Labute approximate surface area is 151 Å². The van der Waals surface area contributed by atoms with Crippen molar-refractivity contribution in [3.63, 3.8) is 0 Å². The van der Waals surface area contributed by atoms with E-state index in [1.54, 1.807) is 12.2 Å². The zero-order chi connectivity index (χ0) is 18.7. The number of carboxylic acid groups (broad SMARTS) is 1. The Morgan fingerprint density at radius 1 is 1.16 bits per heavy atom. The van der Waals surface area contributed by atoms with Gasteiger partial charge in [0.05, 0.1) is 18.3 Å². The van der Waals surface area contributed by atoms with Crippen LogP contribution in [0.4, 0.5) is 0 Å². The number of carboxylic acids is 1. The van der Waals surface area contributed by atoms with Crippen LogP contribution in [-0.2, 0) is 4.79 Å². The number of hydrogen-bond acceptors (Lipinski definition) is 4. The largest absolute Gasteiger partial charge is 0.481 e. The summed E-state index contributed by atoms with van der Waals surface area (Å²) < 4.78 is 0. The minimum Gasteiger partial charge on any atom is -0.481 e. The van der Waals surface area contributed by atoms with Gasteiger partial charge in [-0.3, -0.25) is 4.79 Å². The number of rotatable bonds is 12. The number of hydrogen-bond donors (Lipinski definition) is 4. The molecule has 5 nitrogen and oxygen atoms in total. The summed E-state index contributed by atoms with van der Waals surface area (Å²) in [5.74, 6) is -1.23. The van der Waals surface area contributed by atoms with Crippen molar-refractivity contribution < 1.29 is 25.2 Å². The molecule has 1 aliphatic carbocycles. The molecule has 0 spiro atoms. The van der Waals surface area contributed by atoms with Gasteiger partial charge in [0.15, 0.2) is 0 Å². The van der Waals surface area contributed by atoms with Crippen LogP contribution in [0.15, 0.2) is 24.3 Å². The van der Waals surface area contributed by atoms with Crippen molar-refractivity contribution in [3.8, 4) is 0 Å². The molecule has 0 saturated heterocycles. The maximum Gasteiger partial charge on any atom is 0.303 e. The SMILES string of the molecule is CCCCCC=CCC(O)C=CC1C(O)CC(O)C1CCCC(=O)O. The van der Waals surface area contributed by atoms with Gasteiger partial charge in [-0.2, -0.15) is 0 Å². The van der Waals surface area contributed by atoms with E-state index in [0.29, 0.717) is 25.7 Å². The van der Waals surface area contributed by atoms with Crippen LogP contribution < -0.4 is 0 Å². The van der Waals surface area contributed by atoms with Gasteiger partial charge in [-0.05, 0) is 38.0 Å². The van der Waals surface area contributed by atoms with E-state index in [9.17, 15) is 20.1 Å². The van der Waals surface area contributed by atoms with Crippen molar-refractivity contribution in [2.24, 2.45) is 11.8 Å². The van der Waals surface area contributed by atoms with E-state index in [-0.39, 0.29) is 18.3 Å². The number of aliphatic hydroxyl groups is 3. The lowest BCUT2D eigenvalue weighted by molar-refractivity contribution is -0.137. The number of aliphatic carboxylic acids is 1. The molecule has 1 rings (SSSR count). The van der Waals surface area contributed by atoms with Gasteiger partial charge < -0.3 is 20.4 Å². The fourth-order valence-electron chi connectivity index (χ4n) is 3.47. The van der Waals surface area contributed by atoms with Crippen LogP contribution in [-0.4, -0.2) is 44.7 Å². The standard InChI is InChI=1S/C20H34O5/c1-2-3-4-5-6-7-9-15(21)12-13-17-16(10-8-11-20(24)25)18(22)14-19(17)23/h6-7,12-13,15-19,21-23H,2-5,8-11,14H2,1H3,(H,24,25). The molecule has 1 aliphatic rings. The van der Waals surface area contributed by atoms with Crippen LogP contribution in [0, 0.1) is 11.8 Å². The Hall–Kier alpha value is -1.17. The zero-order valence-electron chi connectivity index (χ0n) is 15.3. The second-order valence-electron chi connectivity index (χ2n) is 7.05. The summed E-state index contributed by atoms with van der Waals surface area (Å²) >= 11 is 0. The Morgan fingerprint density at radius 3 is 2.60 bits per heavy atom. The van der Waals surface area contributed by atoms with E-state index < -0.39 is 24.3 Å². The maximum absolute atomic E-state index is 10.6. The van der Waals surface area contributed by atoms with Gasteiger partial charge in [-0.15, -0.1) is 0 Å². The van der Waals surface area contributed by atoms with Crippen LogP contribution in [0.25, 0.3) is 0 Å². The molecule has 4 N–H and O–H groups in total. The minimum absolute atomic E-state index is 0.0706. The van der Waals surface area contributed by atoms with Crippen molar-refractivity contribution in [2.45, 2.75) is 83.0 Å². The van der Waals surface area contributed by atoms with Crippen LogP contribution in [0.3, 0.4) is 0 Å². The van der Waals surface area contributed by atoms with E-state index in [1.807, 2.05) is 6.08 Å². The molecule has 5 heteroatoms. The minimum atomic E-state index is -0.846. The third-order valence-electron chi connectivity index (χ3n) is 4.92. The summed E-state index contributed by atoms with van der Waals surface area (Å²) in [7, 11) is 0. The van der Waals surface area contributed by atoms with E-state index in [1.165, 1.54) is 19.3 Å². The molecule has 0 aromatic carbocycles. The lowest BCUT2D eigenvalue weighted by Gasteiger charge is -2.20. The maximum atomic E-state index is 10.6. The smallest absolute Gasteiger partial charge is 0.303 e. The fourth-order valence-corrected chi connectivity index (χ4v) is 3.47. The second-order valence-corrected chi connectivity index (χ2v) is 7.05. The lowest BCUT2D eigenvalue weighted by Crippen LogP contribution is -2.21. The normalized spacial score (nSPS) is 28.2. The average Bonchev–Trinajstić information content (AvgIpc) is 2.82. The van der Waals surface area contributed by atoms with Crippen molar-refractivity contribution in [3.05, 3.63) is 24.3 Å². The Bertz CT molecular complexity index is 432. The molecule has 0 aromatic rings. The third-order valence-corrected chi connectivity index (χ3v) is 4.92. The molecule has 0 aliphatic heterocycles. The predicted octanol–water partition coefficient (Wildman–Crippen LogP) is 3.04. The first kappa shape index (κ1) is 21.9. The Balaban J connectivity index is 2.44. The lowest BCUT2D eigenvalue weighted by atomic mass is 9.88. The molecule has 1 fully saturated rings. The highest BCUT2D eigenvalue weighted by Crippen LogP contribution is 2.37. The highest BCUT2D eigenvalue weighted by atomic mass is 16.4. The molecule has 5 unspecified atom stereocenters. The van der Waals surface area contributed by atoms with Crippen molar-refractivity contribution in [1.82, 2.24) is 0 Å². The number of allylic oxidation sites excluding steroid dienone is 1. The van der Waals surface area contributed by atoms with Gasteiger partial charge in [-0.25, -0.2) is 0 Å². The van der Waals surface area contributed by atoms with Gasteiger partial charge in [0, 0.05) is 18.8 Å². The van der Waals surface area contributed by atoms with E-state index in [0.717, 1.165) is 6.42 Å². The summed E-state index contributed by atoms with van der Waals surface area (Å²) in [4.78, 5) is 10.6. The topological polar surface area (TPSA) is 98.0 Å². The van der Waals surface area contributed by atoms with Crippen molar-refractivity contribution in [1.29, 1.82) is 0 Å². The molecule has 0 aromatic heterocycles. The second kappa shape index (κ2) is 12.2. The van der Waals surface area contributed by atoms with Gasteiger partial charge in [0.25, 0.3) is 0 Å². The van der Waals surface area contributed by atoms with Gasteiger partial charge in [0.2, 0.25) is 0 Å². The van der Waals surface area contributed by atoms with Gasteiger partial charge in [0.1, 0.15) is 0 Å². The molecule has 0 amide bonds. The summed E-state index contributed by atoms with van der Waals surface area (Å²) in [6, 6.07) is 0. The van der Waals surface area contributed by atoms with Gasteiger partial charge >= 0.3 is 5.97 Å². The summed E-state index contributed by atoms with van der Waals surface area (Å²) in [5.41, 5.74) is 0. The highest BCUT2D eigenvalue weighted by molar-refractivity contribution is 5.66. The van der Waals surface area contributed by atoms with Crippen LogP contribution in [0.5, 0.6) is 0 Å². The molecule has 144 valence electrons. The average molecular weight is 354 g/mol. The van der Waals surface area contributed by atoms with E-state index in [2.05, 4.69) is 13.0 Å². The Kier molecular flexibility index (Phi) is 10.7. The molecular weight excluding hydrogens is 320 g/mol. The van der Waals surface area contributed by atoms with Crippen molar-refractivity contribution in [2.75, 3.05) is 0 Å². The zero-order valence-corrected chi connectivity index (χ0v) is 15.3. The molecule has 0 heterocycles. The molecule has 5 atom stereocenters. The van der Waals surface area contributed by atoms with Crippen LogP contribution in [0.1, 0.15) is 64.7 Å². The molecule has 0 radical (unpaired) electrons. The quantitative estimate of drug-likeness (QED) is 0.319. The fraction of sp³-hybridized carbons (Fsp3) is 0.750. The summed E-state index contributed by atoms with van der Waals surface area (Å²) in [6.07, 6.45) is 12.3. The Morgan fingerprint density at radius 2 is 1.92 bits per heavy atom. The number of aliphatic hydroxyl groups excluding tert-OH is 3. The predicted molar refractivity (Wildman–Crippen MR) is 98.1 cm³/mol. The first-order valence-corrected chi connectivity index (χ1v) is 9.55. The van der Waals surface area contributed by atoms with Crippen LogP contribution in [0.2, 0.25) is 0 Å². The van der Waals surface area contributed by atoms with Crippen molar-refractivity contribution >= 4 is 5.97 Å². The van der Waals surface area contributed by atoms with Gasteiger partial charge in [-0.1, -0.05) is 44.1 Å². The monoisotopic (exact) mass is 354 g/mol. The highest BCUT2D eigenvalue weighted by Gasteiger charge is 2.39. The summed E-state index contributed by atoms with van der Waals surface area (Å²) in [6.45, 7) is 2.17. The first-order chi connectivity index (χ1) is 12.0. The molecular formula is C20H34O5. The van der Waals surface area contributed by atoms with Crippen LogP contribution >= 0.6 is 0 Å². The number of unbranched alkanes of at least 4 members (excludes halogenated alkanes) is 3. The molecule has 0 bridgehead atoms. The van der Waals surface area contributed by atoms with E-state index >= 15 is 0 Å². The first-order valence-electron chi connectivity index (χ1n) is 9.55. The van der Waals surface area contributed by atoms with E-state index in [4.69, 9.17) is 5.11 Å².